The van der Waals surface area contributed by atoms with Crippen molar-refractivity contribution >= 4 is 11.8 Å². The van der Waals surface area contributed by atoms with Gasteiger partial charge in [-0.3, -0.25) is 9.59 Å². The van der Waals surface area contributed by atoms with E-state index in [0.717, 1.165) is 11.3 Å². The number of hydrogen-bond donors (Lipinski definition) is 1. The molecule has 1 unspecified atom stereocenters. The number of nitrogens with one attached hydrogen (secondary N) is 1. The summed E-state index contributed by atoms with van der Waals surface area (Å²) in [4.78, 5) is 26.1. The number of halogens is 1. The SMILES string of the molecule is COc1ccc(CNC(=O)C2CC(=O)N(Cc3ccccc3F)C2)cc1. The number of ether oxygens (including phenoxy) is 1. The van der Waals surface area contributed by atoms with E-state index >= 15 is 0 Å². The lowest BCUT2D eigenvalue weighted by molar-refractivity contribution is -0.129. The Kier molecular flexibility index (Phi) is 5.51. The number of carbonyl (C=O) groups is 2. The maximum atomic E-state index is 13.8. The number of amides is 2. The molecule has 1 atom stereocenters. The van der Waals surface area contributed by atoms with E-state index in [2.05, 4.69) is 5.32 Å². The van der Waals surface area contributed by atoms with Gasteiger partial charge in [-0.05, 0) is 23.8 Å². The van der Waals surface area contributed by atoms with E-state index in [1.165, 1.54) is 11.0 Å². The number of benzene rings is 2. The summed E-state index contributed by atoms with van der Waals surface area (Å²) in [5.41, 5.74) is 1.41. The minimum Gasteiger partial charge on any atom is -0.497 e. The first kappa shape index (κ1) is 17.9. The number of likely N-dealkylation sites (tertiary alicyclic amines) is 1. The van der Waals surface area contributed by atoms with Gasteiger partial charge in [0.25, 0.3) is 0 Å². The van der Waals surface area contributed by atoms with Gasteiger partial charge in [0.1, 0.15) is 11.6 Å². The summed E-state index contributed by atoms with van der Waals surface area (Å²) in [6.07, 6.45) is 0.156. The van der Waals surface area contributed by atoms with Crippen LogP contribution in [0, 0.1) is 11.7 Å². The molecule has 6 heteroatoms. The molecule has 26 heavy (non-hydrogen) atoms. The Hall–Kier alpha value is -2.89. The van der Waals surface area contributed by atoms with Crippen LogP contribution in [0.5, 0.6) is 5.75 Å². The molecule has 0 aliphatic carbocycles. The minimum atomic E-state index is -0.410. The second kappa shape index (κ2) is 7.99. The monoisotopic (exact) mass is 356 g/mol. The highest BCUT2D eigenvalue weighted by molar-refractivity contribution is 5.89. The van der Waals surface area contributed by atoms with Crippen LogP contribution in [0.2, 0.25) is 0 Å². The summed E-state index contributed by atoms with van der Waals surface area (Å²) >= 11 is 0. The lowest BCUT2D eigenvalue weighted by Gasteiger charge is -2.17. The van der Waals surface area contributed by atoms with Crippen molar-refractivity contribution in [3.05, 3.63) is 65.5 Å². The summed E-state index contributed by atoms with van der Waals surface area (Å²) in [6, 6.07) is 13.8. The lowest BCUT2D eigenvalue weighted by Crippen LogP contribution is -2.32. The third-order valence-electron chi connectivity index (χ3n) is 4.53. The fourth-order valence-corrected chi connectivity index (χ4v) is 3.01. The van der Waals surface area contributed by atoms with E-state index in [0.29, 0.717) is 18.7 Å². The summed E-state index contributed by atoms with van der Waals surface area (Å²) < 4.78 is 18.9. The van der Waals surface area contributed by atoms with Crippen molar-refractivity contribution in [2.24, 2.45) is 5.92 Å². The molecule has 0 saturated carbocycles. The normalized spacial score (nSPS) is 16.6. The Balaban J connectivity index is 1.54. The van der Waals surface area contributed by atoms with Gasteiger partial charge in [0, 0.05) is 31.6 Å². The average molecular weight is 356 g/mol. The highest BCUT2D eigenvalue weighted by Crippen LogP contribution is 2.21. The summed E-state index contributed by atoms with van der Waals surface area (Å²) in [7, 11) is 1.60. The molecule has 1 aliphatic heterocycles. The molecule has 1 N–H and O–H groups in total. The second-order valence-electron chi connectivity index (χ2n) is 6.33. The molecule has 2 amide bonds. The zero-order chi connectivity index (χ0) is 18.5. The fourth-order valence-electron chi connectivity index (χ4n) is 3.01. The summed E-state index contributed by atoms with van der Waals surface area (Å²) in [6.45, 7) is 0.885. The molecule has 1 fully saturated rings. The van der Waals surface area contributed by atoms with Gasteiger partial charge in [-0.15, -0.1) is 0 Å². The van der Waals surface area contributed by atoms with Crippen LogP contribution in [0.4, 0.5) is 4.39 Å². The van der Waals surface area contributed by atoms with Gasteiger partial charge in [0.2, 0.25) is 11.8 Å². The molecule has 5 nitrogen and oxygen atoms in total. The summed E-state index contributed by atoms with van der Waals surface area (Å²) in [5, 5.41) is 2.86. The molecule has 136 valence electrons. The van der Waals surface area contributed by atoms with Crippen LogP contribution in [-0.4, -0.2) is 30.4 Å². The molecular weight excluding hydrogens is 335 g/mol. The predicted molar refractivity (Wildman–Crippen MR) is 94.8 cm³/mol. The van der Waals surface area contributed by atoms with Gasteiger partial charge in [0.15, 0.2) is 0 Å². The molecule has 0 aromatic heterocycles. The first-order valence-electron chi connectivity index (χ1n) is 8.48. The summed E-state index contributed by atoms with van der Waals surface area (Å²) in [5.74, 6) is -0.284. The number of methoxy groups -OCH3 is 1. The number of nitrogens with zero attached hydrogens (tertiary/aromatic N) is 1. The van der Waals surface area contributed by atoms with Crippen molar-refractivity contribution in [1.29, 1.82) is 0 Å². The predicted octanol–water partition coefficient (Wildman–Crippen LogP) is 2.50. The van der Waals surface area contributed by atoms with E-state index in [4.69, 9.17) is 4.74 Å². The zero-order valence-corrected chi connectivity index (χ0v) is 14.6. The Morgan fingerprint density at radius 3 is 2.65 bits per heavy atom. The first-order valence-corrected chi connectivity index (χ1v) is 8.48. The number of rotatable bonds is 6. The van der Waals surface area contributed by atoms with E-state index in [9.17, 15) is 14.0 Å². The quantitative estimate of drug-likeness (QED) is 0.865. The molecular formula is C20H21FN2O3. The molecule has 1 saturated heterocycles. The third-order valence-corrected chi connectivity index (χ3v) is 4.53. The Bertz CT molecular complexity index is 792. The van der Waals surface area contributed by atoms with Crippen LogP contribution < -0.4 is 10.1 Å². The van der Waals surface area contributed by atoms with Crippen molar-refractivity contribution in [2.45, 2.75) is 19.5 Å². The standard InChI is InChI=1S/C20H21FN2O3/c1-26-17-8-6-14(7-9-17)11-22-20(25)16-10-19(24)23(13-16)12-15-4-2-3-5-18(15)21/h2-9,16H,10-13H2,1H3,(H,22,25). The minimum absolute atomic E-state index is 0.127. The van der Waals surface area contributed by atoms with Crippen LogP contribution in [0.3, 0.4) is 0 Å². The van der Waals surface area contributed by atoms with E-state index in [-0.39, 0.29) is 30.6 Å². The number of carbonyl (C=O) groups excluding carboxylic acids is 2. The van der Waals surface area contributed by atoms with Crippen molar-refractivity contribution < 1.29 is 18.7 Å². The van der Waals surface area contributed by atoms with Gasteiger partial charge >= 0.3 is 0 Å². The molecule has 0 radical (unpaired) electrons. The van der Waals surface area contributed by atoms with Crippen molar-refractivity contribution in [3.63, 3.8) is 0 Å². The molecule has 1 heterocycles. The third kappa shape index (κ3) is 4.20. The van der Waals surface area contributed by atoms with Crippen molar-refractivity contribution in [2.75, 3.05) is 13.7 Å². The van der Waals surface area contributed by atoms with Crippen LogP contribution in [-0.2, 0) is 22.7 Å². The smallest absolute Gasteiger partial charge is 0.225 e. The highest BCUT2D eigenvalue weighted by atomic mass is 19.1. The van der Waals surface area contributed by atoms with E-state index in [1.807, 2.05) is 24.3 Å². The molecule has 0 spiro atoms. The molecule has 3 rings (SSSR count). The van der Waals surface area contributed by atoms with Gasteiger partial charge in [-0.1, -0.05) is 30.3 Å². The average Bonchev–Trinajstić information content (AvgIpc) is 3.02. The number of hydrogen-bond acceptors (Lipinski definition) is 3. The maximum Gasteiger partial charge on any atom is 0.225 e. The fraction of sp³-hybridized carbons (Fsp3) is 0.300. The Morgan fingerprint density at radius 1 is 1.23 bits per heavy atom. The zero-order valence-electron chi connectivity index (χ0n) is 14.6. The van der Waals surface area contributed by atoms with Crippen LogP contribution in [0.25, 0.3) is 0 Å². The Morgan fingerprint density at radius 2 is 1.96 bits per heavy atom. The highest BCUT2D eigenvalue weighted by Gasteiger charge is 2.34. The lowest BCUT2D eigenvalue weighted by atomic mass is 10.1. The van der Waals surface area contributed by atoms with Gasteiger partial charge in [0.05, 0.1) is 13.0 Å². The topological polar surface area (TPSA) is 58.6 Å². The molecule has 0 bridgehead atoms. The van der Waals surface area contributed by atoms with Crippen molar-refractivity contribution in [3.8, 4) is 5.75 Å². The second-order valence-corrected chi connectivity index (χ2v) is 6.33. The van der Waals surface area contributed by atoms with E-state index in [1.54, 1.807) is 25.3 Å². The van der Waals surface area contributed by atoms with Gasteiger partial charge < -0.3 is 15.0 Å². The maximum absolute atomic E-state index is 13.8. The van der Waals surface area contributed by atoms with E-state index < -0.39 is 5.92 Å². The van der Waals surface area contributed by atoms with Gasteiger partial charge in [-0.2, -0.15) is 0 Å². The van der Waals surface area contributed by atoms with Gasteiger partial charge in [-0.25, -0.2) is 4.39 Å². The first-order chi connectivity index (χ1) is 12.6. The van der Waals surface area contributed by atoms with Crippen LogP contribution in [0.1, 0.15) is 17.5 Å². The molecule has 2 aromatic rings. The van der Waals surface area contributed by atoms with Crippen LogP contribution >= 0.6 is 0 Å². The Labute approximate surface area is 151 Å². The largest absolute Gasteiger partial charge is 0.497 e. The molecule has 2 aromatic carbocycles. The molecule has 1 aliphatic rings. The van der Waals surface area contributed by atoms with Crippen LogP contribution in [0.15, 0.2) is 48.5 Å². The van der Waals surface area contributed by atoms with Crippen molar-refractivity contribution in [1.82, 2.24) is 10.2 Å².